The second-order valence-electron chi connectivity index (χ2n) is 8.01. The summed E-state index contributed by atoms with van der Waals surface area (Å²) in [6.45, 7) is 4.17. The fraction of sp³-hybridized carbons (Fsp3) is 0.320. The Bertz CT molecular complexity index is 1020. The van der Waals surface area contributed by atoms with Crippen LogP contribution in [0.25, 0.3) is 10.4 Å². The smallest absolute Gasteiger partial charge is 0.0916 e. The molecule has 150 valence electrons. The summed E-state index contributed by atoms with van der Waals surface area (Å²) in [6, 6.07) is 21.8. The van der Waals surface area contributed by atoms with Crippen molar-refractivity contribution in [1.29, 1.82) is 0 Å². The summed E-state index contributed by atoms with van der Waals surface area (Å²) in [5.74, 6) is 1.14. The van der Waals surface area contributed by atoms with Crippen LogP contribution in [0.15, 0.2) is 70.1 Å². The molecule has 1 heterocycles. The lowest BCUT2D eigenvalue weighted by Crippen LogP contribution is -2.33. The van der Waals surface area contributed by atoms with E-state index in [1.165, 1.54) is 26.4 Å². The van der Waals surface area contributed by atoms with Crippen molar-refractivity contribution in [2.45, 2.75) is 51.0 Å². The van der Waals surface area contributed by atoms with Crippen LogP contribution in [0.3, 0.4) is 0 Å². The van der Waals surface area contributed by atoms with Crippen molar-refractivity contribution >= 4 is 33.1 Å². The summed E-state index contributed by atoms with van der Waals surface area (Å²) in [7, 11) is 0. The van der Waals surface area contributed by atoms with E-state index in [4.69, 9.17) is 10.7 Å². The number of rotatable bonds is 5. The van der Waals surface area contributed by atoms with Gasteiger partial charge in [0.15, 0.2) is 0 Å². The molecule has 0 saturated carbocycles. The zero-order valence-corrected chi connectivity index (χ0v) is 19.4. The molecule has 2 unspecified atom stereocenters. The van der Waals surface area contributed by atoms with Gasteiger partial charge < -0.3 is 5.73 Å². The predicted molar refractivity (Wildman–Crippen MR) is 129 cm³/mol. The van der Waals surface area contributed by atoms with E-state index in [1.54, 1.807) is 0 Å². The van der Waals surface area contributed by atoms with Gasteiger partial charge >= 0.3 is 0 Å². The summed E-state index contributed by atoms with van der Waals surface area (Å²) in [5.41, 5.74) is 9.98. The maximum Gasteiger partial charge on any atom is 0.0916 e. The Hall–Kier alpha value is -1.91. The minimum absolute atomic E-state index is 0.234. The number of nitrogens with zero attached hydrogens (tertiary/aromatic N) is 1. The van der Waals surface area contributed by atoms with Gasteiger partial charge in [0.25, 0.3) is 0 Å². The van der Waals surface area contributed by atoms with Gasteiger partial charge in [-0.25, -0.2) is 0 Å². The van der Waals surface area contributed by atoms with Gasteiger partial charge in [0, 0.05) is 14.2 Å². The lowest BCUT2D eigenvalue weighted by molar-refractivity contribution is 0.322. The monoisotopic (exact) mass is 466 g/mol. The van der Waals surface area contributed by atoms with Gasteiger partial charge in [-0.1, -0.05) is 71.7 Å². The minimum atomic E-state index is -0.234. The van der Waals surface area contributed by atoms with Gasteiger partial charge in [-0.2, -0.15) is 0 Å². The second-order valence-corrected chi connectivity index (χ2v) is 10.1. The molecule has 2 aromatic carbocycles. The Kier molecular flexibility index (Phi) is 5.93. The molecular weight excluding hydrogens is 440 g/mol. The Morgan fingerprint density at radius 3 is 2.66 bits per heavy atom. The standard InChI is InChI=1S/C25H27BrN2S/c1-3-12-25(28-17(2)27)16-20(18-8-5-4-6-9-18)14-24-22(25)15-23(29-24)19-10-7-11-21(26)13-19/h4-11,13,15,20H,3,12,14,16H2,1-2H3,(H2,27,28). The summed E-state index contributed by atoms with van der Waals surface area (Å²) in [5, 5.41) is 0. The lowest BCUT2D eigenvalue weighted by Gasteiger charge is -2.39. The number of benzene rings is 2. The first-order valence-corrected chi connectivity index (χ1v) is 11.9. The first-order valence-electron chi connectivity index (χ1n) is 10.3. The molecule has 0 amide bonds. The highest BCUT2D eigenvalue weighted by Crippen LogP contribution is 2.51. The maximum atomic E-state index is 6.16. The Morgan fingerprint density at radius 1 is 1.17 bits per heavy atom. The molecular formula is C25H27BrN2S. The number of thiophene rings is 1. The normalized spacial score (nSPS) is 21.8. The average Bonchev–Trinajstić information content (AvgIpc) is 3.14. The van der Waals surface area contributed by atoms with Crippen LogP contribution in [-0.4, -0.2) is 5.84 Å². The Labute approximate surface area is 186 Å². The Morgan fingerprint density at radius 2 is 1.97 bits per heavy atom. The number of hydrogen-bond donors (Lipinski definition) is 1. The molecule has 0 saturated heterocycles. The molecule has 0 bridgehead atoms. The van der Waals surface area contributed by atoms with Gasteiger partial charge in [-0.15, -0.1) is 11.3 Å². The van der Waals surface area contributed by atoms with Crippen LogP contribution in [0.5, 0.6) is 0 Å². The molecule has 2 atom stereocenters. The van der Waals surface area contributed by atoms with Crippen LogP contribution in [0.4, 0.5) is 0 Å². The molecule has 0 radical (unpaired) electrons. The van der Waals surface area contributed by atoms with E-state index in [0.29, 0.717) is 11.8 Å². The molecule has 4 heteroatoms. The van der Waals surface area contributed by atoms with Crippen molar-refractivity contribution in [3.63, 3.8) is 0 Å². The number of aliphatic imine (C=N–C) groups is 1. The number of amidine groups is 1. The van der Waals surface area contributed by atoms with Crippen LogP contribution < -0.4 is 5.73 Å². The van der Waals surface area contributed by atoms with E-state index < -0.39 is 0 Å². The van der Waals surface area contributed by atoms with Crippen LogP contribution in [-0.2, 0) is 12.0 Å². The lowest BCUT2D eigenvalue weighted by atomic mass is 9.70. The highest BCUT2D eigenvalue weighted by Gasteiger charge is 2.41. The van der Waals surface area contributed by atoms with Crippen molar-refractivity contribution in [3.8, 4) is 10.4 Å². The van der Waals surface area contributed by atoms with E-state index in [9.17, 15) is 0 Å². The quantitative estimate of drug-likeness (QED) is 0.311. The molecule has 2 nitrogen and oxygen atoms in total. The van der Waals surface area contributed by atoms with E-state index in [2.05, 4.69) is 83.5 Å². The summed E-state index contributed by atoms with van der Waals surface area (Å²) < 4.78 is 1.11. The molecule has 1 aliphatic rings. The third-order valence-corrected chi connectivity index (χ3v) is 7.46. The maximum absolute atomic E-state index is 6.16. The third kappa shape index (κ3) is 4.19. The summed E-state index contributed by atoms with van der Waals surface area (Å²) >= 11 is 5.54. The highest BCUT2D eigenvalue weighted by molar-refractivity contribution is 9.10. The van der Waals surface area contributed by atoms with Gasteiger partial charge in [-0.3, -0.25) is 4.99 Å². The summed E-state index contributed by atoms with van der Waals surface area (Å²) in [4.78, 5) is 7.86. The third-order valence-electron chi connectivity index (χ3n) is 5.76. The van der Waals surface area contributed by atoms with Crippen molar-refractivity contribution in [2.24, 2.45) is 10.7 Å². The van der Waals surface area contributed by atoms with Crippen LogP contribution >= 0.6 is 27.3 Å². The van der Waals surface area contributed by atoms with Crippen LogP contribution in [0.2, 0.25) is 0 Å². The van der Waals surface area contributed by atoms with Gasteiger partial charge in [0.1, 0.15) is 0 Å². The minimum Gasteiger partial charge on any atom is -0.388 e. The largest absolute Gasteiger partial charge is 0.388 e. The van der Waals surface area contributed by atoms with E-state index >= 15 is 0 Å². The predicted octanol–water partition coefficient (Wildman–Crippen LogP) is 7.28. The number of nitrogens with two attached hydrogens (primary N) is 1. The number of hydrogen-bond acceptors (Lipinski definition) is 2. The molecule has 3 aromatic rings. The van der Waals surface area contributed by atoms with Crippen LogP contribution in [0.1, 0.15) is 55.0 Å². The molecule has 1 aliphatic carbocycles. The average molecular weight is 467 g/mol. The zero-order chi connectivity index (χ0) is 20.4. The number of halogens is 1. The second kappa shape index (κ2) is 8.45. The molecule has 29 heavy (non-hydrogen) atoms. The highest BCUT2D eigenvalue weighted by atomic mass is 79.9. The topological polar surface area (TPSA) is 38.4 Å². The van der Waals surface area contributed by atoms with Crippen molar-refractivity contribution in [3.05, 3.63) is 81.1 Å². The van der Waals surface area contributed by atoms with Gasteiger partial charge in [-0.05, 0) is 67.0 Å². The molecule has 0 spiro atoms. The molecule has 1 aromatic heterocycles. The van der Waals surface area contributed by atoms with Crippen LogP contribution in [0, 0.1) is 0 Å². The van der Waals surface area contributed by atoms with Crippen molar-refractivity contribution in [2.75, 3.05) is 0 Å². The van der Waals surface area contributed by atoms with Gasteiger partial charge in [0.2, 0.25) is 0 Å². The first kappa shape index (κ1) is 20.4. The van der Waals surface area contributed by atoms with E-state index in [0.717, 1.165) is 30.2 Å². The molecule has 0 aliphatic heterocycles. The molecule has 0 fully saturated rings. The summed E-state index contributed by atoms with van der Waals surface area (Å²) in [6.07, 6.45) is 4.19. The van der Waals surface area contributed by atoms with Gasteiger partial charge in [0.05, 0.1) is 11.4 Å². The van der Waals surface area contributed by atoms with Crippen molar-refractivity contribution < 1.29 is 0 Å². The van der Waals surface area contributed by atoms with E-state index in [1.807, 2.05) is 18.3 Å². The Balaban J connectivity index is 1.86. The van der Waals surface area contributed by atoms with Crippen molar-refractivity contribution in [1.82, 2.24) is 0 Å². The molecule has 2 N–H and O–H groups in total. The first-order chi connectivity index (χ1) is 14.0. The van der Waals surface area contributed by atoms with E-state index in [-0.39, 0.29) is 5.54 Å². The fourth-order valence-corrected chi connectivity index (χ4v) is 6.41. The fourth-order valence-electron chi connectivity index (χ4n) is 4.68. The SMILES string of the molecule is CCCC1(N=C(C)N)CC(c2ccccc2)Cc2sc(-c3cccc(Br)c3)cc21. The number of fused-ring (bicyclic) bond motifs is 1. The molecule has 4 rings (SSSR count). The zero-order valence-electron chi connectivity index (χ0n) is 17.0.